The normalized spacial score (nSPS) is 12.9. The third-order valence-electron chi connectivity index (χ3n) is 4.09. The highest BCUT2D eigenvalue weighted by molar-refractivity contribution is 6.33. The largest absolute Gasteiger partial charge is 0.497 e. The van der Waals surface area contributed by atoms with Crippen molar-refractivity contribution in [1.82, 2.24) is 10.2 Å². The second-order valence-corrected chi connectivity index (χ2v) is 6.16. The average Bonchev–Trinajstić information content (AvgIpc) is 3.29. The number of benzene rings is 2. The molecule has 2 aromatic carbocycles. The molecule has 140 valence electrons. The first-order chi connectivity index (χ1) is 13.5. The van der Waals surface area contributed by atoms with Crippen LogP contribution in [-0.4, -0.2) is 35.1 Å². The van der Waals surface area contributed by atoms with Crippen molar-refractivity contribution >= 4 is 29.4 Å². The first kappa shape index (κ1) is 17.7. The number of halogens is 1. The van der Waals surface area contributed by atoms with Gasteiger partial charge in [-0.1, -0.05) is 34.0 Å². The van der Waals surface area contributed by atoms with Crippen LogP contribution >= 0.6 is 11.6 Å². The quantitative estimate of drug-likeness (QED) is 0.621. The number of hydroxylamine groups is 2. The number of methoxy groups -OCH3 is 1. The van der Waals surface area contributed by atoms with E-state index in [9.17, 15) is 14.4 Å². The van der Waals surface area contributed by atoms with Gasteiger partial charge in [0.2, 0.25) is 5.76 Å². The third kappa shape index (κ3) is 2.89. The zero-order valence-corrected chi connectivity index (χ0v) is 15.1. The minimum absolute atomic E-state index is 0.154. The number of fused-ring (bicyclic) bond motifs is 1. The molecule has 8 nitrogen and oxygen atoms in total. The van der Waals surface area contributed by atoms with E-state index in [-0.39, 0.29) is 22.6 Å². The zero-order valence-electron chi connectivity index (χ0n) is 14.3. The number of carbonyl (C=O) groups is 3. The van der Waals surface area contributed by atoms with Crippen molar-refractivity contribution in [3.05, 3.63) is 70.4 Å². The van der Waals surface area contributed by atoms with Crippen molar-refractivity contribution < 1.29 is 28.5 Å². The lowest BCUT2D eigenvalue weighted by Crippen LogP contribution is -2.32. The maximum absolute atomic E-state index is 12.3. The Labute approximate surface area is 163 Å². The van der Waals surface area contributed by atoms with Gasteiger partial charge in [-0.25, -0.2) is 4.79 Å². The highest BCUT2D eigenvalue weighted by atomic mass is 35.5. The van der Waals surface area contributed by atoms with Crippen LogP contribution in [0.15, 0.2) is 53.1 Å². The Bertz CT molecular complexity index is 1090. The van der Waals surface area contributed by atoms with Gasteiger partial charge in [0.1, 0.15) is 11.4 Å². The summed E-state index contributed by atoms with van der Waals surface area (Å²) in [7, 11) is 1.50. The van der Waals surface area contributed by atoms with Crippen molar-refractivity contribution in [2.75, 3.05) is 7.11 Å². The van der Waals surface area contributed by atoms with Crippen molar-refractivity contribution in [1.29, 1.82) is 0 Å². The Kier molecular flexibility index (Phi) is 4.32. The molecule has 1 aliphatic rings. The van der Waals surface area contributed by atoms with E-state index in [4.69, 9.17) is 25.7 Å². The Morgan fingerprint density at radius 3 is 2.36 bits per heavy atom. The van der Waals surface area contributed by atoms with E-state index in [2.05, 4.69) is 5.16 Å². The highest BCUT2D eigenvalue weighted by Crippen LogP contribution is 2.31. The number of amides is 2. The maximum atomic E-state index is 12.3. The minimum Gasteiger partial charge on any atom is -0.497 e. The molecule has 2 amide bonds. The van der Waals surface area contributed by atoms with Crippen LogP contribution in [0.2, 0.25) is 5.02 Å². The summed E-state index contributed by atoms with van der Waals surface area (Å²) in [6.07, 6.45) is 0. The van der Waals surface area contributed by atoms with E-state index in [1.54, 1.807) is 30.3 Å². The van der Waals surface area contributed by atoms with E-state index < -0.39 is 17.8 Å². The van der Waals surface area contributed by atoms with Crippen LogP contribution in [0.3, 0.4) is 0 Å². The second-order valence-electron chi connectivity index (χ2n) is 5.75. The number of ether oxygens (including phenoxy) is 1. The van der Waals surface area contributed by atoms with Gasteiger partial charge >= 0.3 is 5.97 Å². The summed E-state index contributed by atoms with van der Waals surface area (Å²) in [5.74, 6) is -2.27. The number of carbonyl (C=O) groups excluding carboxylic acids is 3. The van der Waals surface area contributed by atoms with Crippen LogP contribution in [0.4, 0.5) is 0 Å². The van der Waals surface area contributed by atoms with Crippen molar-refractivity contribution in [3.63, 3.8) is 0 Å². The topological polar surface area (TPSA) is 98.9 Å². The van der Waals surface area contributed by atoms with Crippen LogP contribution in [0.5, 0.6) is 5.75 Å². The Balaban J connectivity index is 1.57. The standard InChI is InChI=1S/C19H11ClN2O6/c1-26-10-6-7-14(20)13(8-10)15-9-16(27-21-15)19(25)28-22-17(23)11-4-2-3-5-12(11)18(22)24/h2-9H,1H3. The van der Waals surface area contributed by atoms with E-state index in [0.29, 0.717) is 21.4 Å². The maximum Gasteiger partial charge on any atom is 0.401 e. The SMILES string of the molecule is COc1ccc(Cl)c(-c2cc(C(=O)ON3C(=O)c4ccccc4C3=O)on2)c1. The first-order valence-corrected chi connectivity index (χ1v) is 8.38. The van der Waals surface area contributed by atoms with Gasteiger partial charge in [-0.15, -0.1) is 0 Å². The van der Waals surface area contributed by atoms with E-state index in [0.717, 1.165) is 0 Å². The Hall–Kier alpha value is -3.65. The molecule has 1 aliphatic heterocycles. The van der Waals surface area contributed by atoms with Gasteiger partial charge in [-0.05, 0) is 30.3 Å². The minimum atomic E-state index is -1.05. The van der Waals surface area contributed by atoms with Gasteiger partial charge < -0.3 is 14.1 Å². The van der Waals surface area contributed by atoms with Gasteiger partial charge in [-0.3, -0.25) is 9.59 Å². The Morgan fingerprint density at radius 1 is 1.04 bits per heavy atom. The molecule has 0 unspecified atom stereocenters. The molecular formula is C19H11ClN2O6. The summed E-state index contributed by atoms with van der Waals surface area (Å²) in [6, 6.07) is 12.4. The molecule has 0 saturated carbocycles. The predicted octanol–water partition coefficient (Wildman–Crippen LogP) is 3.37. The molecule has 3 aromatic rings. The van der Waals surface area contributed by atoms with Crippen LogP contribution in [0.1, 0.15) is 31.3 Å². The summed E-state index contributed by atoms with van der Waals surface area (Å²) in [6.45, 7) is 0. The smallest absolute Gasteiger partial charge is 0.401 e. The van der Waals surface area contributed by atoms with Crippen LogP contribution in [0, 0.1) is 0 Å². The molecule has 0 aliphatic carbocycles. The van der Waals surface area contributed by atoms with E-state index in [1.807, 2.05) is 0 Å². The summed E-state index contributed by atoms with van der Waals surface area (Å²) in [4.78, 5) is 41.8. The molecule has 0 atom stereocenters. The number of aromatic nitrogens is 1. The fraction of sp³-hybridized carbons (Fsp3) is 0.0526. The second kappa shape index (κ2) is 6.82. The molecule has 0 spiro atoms. The molecule has 4 rings (SSSR count). The fourth-order valence-electron chi connectivity index (χ4n) is 2.70. The van der Waals surface area contributed by atoms with Crippen molar-refractivity contribution in [2.24, 2.45) is 0 Å². The zero-order chi connectivity index (χ0) is 19.8. The fourth-order valence-corrected chi connectivity index (χ4v) is 2.92. The molecule has 9 heteroatoms. The summed E-state index contributed by atoms with van der Waals surface area (Å²) < 4.78 is 10.1. The summed E-state index contributed by atoms with van der Waals surface area (Å²) in [5.41, 5.74) is 1.05. The van der Waals surface area contributed by atoms with E-state index >= 15 is 0 Å². The molecule has 2 heterocycles. The van der Waals surface area contributed by atoms with Crippen molar-refractivity contribution in [3.8, 4) is 17.0 Å². The molecule has 0 saturated heterocycles. The summed E-state index contributed by atoms with van der Waals surface area (Å²) >= 11 is 6.15. The average molecular weight is 399 g/mol. The van der Waals surface area contributed by atoms with Gasteiger partial charge in [-0.2, -0.15) is 0 Å². The number of nitrogens with zero attached hydrogens (tertiary/aromatic N) is 2. The van der Waals surface area contributed by atoms with Gasteiger partial charge in [0, 0.05) is 11.6 Å². The van der Waals surface area contributed by atoms with Gasteiger partial charge in [0.15, 0.2) is 0 Å². The van der Waals surface area contributed by atoms with Crippen LogP contribution in [0.25, 0.3) is 11.3 Å². The Morgan fingerprint density at radius 2 is 1.71 bits per heavy atom. The molecule has 28 heavy (non-hydrogen) atoms. The lowest BCUT2D eigenvalue weighted by Gasteiger charge is -2.10. The monoisotopic (exact) mass is 398 g/mol. The molecule has 0 fully saturated rings. The number of hydrogen-bond donors (Lipinski definition) is 0. The molecule has 0 radical (unpaired) electrons. The third-order valence-corrected chi connectivity index (χ3v) is 4.42. The number of hydrogen-bond acceptors (Lipinski definition) is 7. The highest BCUT2D eigenvalue weighted by Gasteiger charge is 2.39. The lowest BCUT2D eigenvalue weighted by molar-refractivity contribution is -0.0607. The molecule has 1 aromatic heterocycles. The lowest BCUT2D eigenvalue weighted by atomic mass is 10.1. The van der Waals surface area contributed by atoms with Gasteiger partial charge in [0.05, 0.1) is 23.3 Å². The first-order valence-electron chi connectivity index (χ1n) is 8.00. The summed E-state index contributed by atoms with van der Waals surface area (Å²) in [5, 5.41) is 4.56. The number of imide groups is 1. The number of rotatable bonds is 4. The van der Waals surface area contributed by atoms with Crippen molar-refractivity contribution in [2.45, 2.75) is 0 Å². The van der Waals surface area contributed by atoms with Gasteiger partial charge in [0.25, 0.3) is 11.8 Å². The predicted molar refractivity (Wildman–Crippen MR) is 95.9 cm³/mol. The van der Waals surface area contributed by atoms with E-state index in [1.165, 1.54) is 25.3 Å². The van der Waals surface area contributed by atoms with Crippen LogP contribution in [-0.2, 0) is 4.84 Å². The van der Waals surface area contributed by atoms with Crippen LogP contribution < -0.4 is 4.74 Å². The molecule has 0 N–H and O–H groups in total. The molecule has 0 bridgehead atoms. The molecular weight excluding hydrogens is 388 g/mol.